The number of nitrogens with one attached hydrogen (secondary N) is 2. The Morgan fingerprint density at radius 2 is 1.88 bits per heavy atom. The van der Waals surface area contributed by atoms with Crippen molar-refractivity contribution in [2.24, 2.45) is 0 Å². The Morgan fingerprint density at radius 1 is 1.08 bits per heavy atom. The molecule has 6 nitrogen and oxygen atoms in total. The van der Waals surface area contributed by atoms with E-state index >= 15 is 0 Å². The summed E-state index contributed by atoms with van der Waals surface area (Å²) in [6.07, 6.45) is 7.97. The second-order valence-corrected chi connectivity index (χ2v) is 6.43. The van der Waals surface area contributed by atoms with Crippen LogP contribution in [0.1, 0.15) is 42.6 Å². The molecule has 0 spiro atoms. The van der Waals surface area contributed by atoms with Gasteiger partial charge in [0, 0.05) is 12.1 Å². The third-order valence-electron chi connectivity index (χ3n) is 4.63. The normalized spacial score (nSPS) is 14.5. The summed E-state index contributed by atoms with van der Waals surface area (Å²) in [5.41, 5.74) is 1.89. The highest BCUT2D eigenvalue weighted by molar-refractivity contribution is 6.03. The van der Waals surface area contributed by atoms with E-state index in [4.69, 9.17) is 9.47 Å². The lowest BCUT2D eigenvalue weighted by atomic mass is 9.95. The van der Waals surface area contributed by atoms with Gasteiger partial charge in [-0.2, -0.15) is 0 Å². The van der Waals surface area contributed by atoms with Gasteiger partial charge in [-0.25, -0.2) is 4.98 Å². The van der Waals surface area contributed by atoms with Gasteiger partial charge in [0.2, 0.25) is 0 Å². The van der Waals surface area contributed by atoms with Gasteiger partial charge in [0.1, 0.15) is 17.2 Å². The monoisotopic (exact) mass is 355 g/mol. The lowest BCUT2D eigenvalue weighted by Gasteiger charge is -2.23. The van der Waals surface area contributed by atoms with Crippen LogP contribution in [0.2, 0.25) is 0 Å². The Morgan fingerprint density at radius 3 is 2.54 bits per heavy atom. The molecule has 0 aliphatic heterocycles. The second-order valence-electron chi connectivity index (χ2n) is 6.43. The summed E-state index contributed by atoms with van der Waals surface area (Å²) >= 11 is 0. The largest absolute Gasteiger partial charge is 0.497 e. The molecule has 1 aromatic heterocycles. The number of rotatable bonds is 6. The smallest absolute Gasteiger partial charge is 0.274 e. The number of carbonyl (C=O) groups is 1. The number of carbonyl (C=O) groups excluding carboxylic acids is 1. The highest BCUT2D eigenvalue weighted by Crippen LogP contribution is 2.29. The number of methoxy groups -OCH3 is 2. The van der Waals surface area contributed by atoms with Crippen LogP contribution in [0.25, 0.3) is 0 Å². The molecule has 0 unspecified atom stereocenters. The first-order valence-corrected chi connectivity index (χ1v) is 8.95. The first-order chi connectivity index (χ1) is 12.7. The van der Waals surface area contributed by atoms with E-state index in [9.17, 15) is 4.79 Å². The summed E-state index contributed by atoms with van der Waals surface area (Å²) in [6.45, 7) is 0. The van der Waals surface area contributed by atoms with E-state index in [0.29, 0.717) is 28.9 Å². The molecule has 138 valence electrons. The van der Waals surface area contributed by atoms with Crippen molar-refractivity contribution in [3.05, 3.63) is 42.2 Å². The van der Waals surface area contributed by atoms with Gasteiger partial charge >= 0.3 is 0 Å². The van der Waals surface area contributed by atoms with Crippen LogP contribution in [0.5, 0.6) is 11.5 Å². The minimum Gasteiger partial charge on any atom is -0.497 e. The topological polar surface area (TPSA) is 72.5 Å². The van der Waals surface area contributed by atoms with Crippen LogP contribution in [0, 0.1) is 0 Å². The van der Waals surface area contributed by atoms with Gasteiger partial charge < -0.3 is 20.1 Å². The molecule has 1 fully saturated rings. The molecule has 0 radical (unpaired) electrons. The van der Waals surface area contributed by atoms with E-state index in [-0.39, 0.29) is 5.91 Å². The minimum atomic E-state index is -0.280. The van der Waals surface area contributed by atoms with Crippen LogP contribution < -0.4 is 20.1 Å². The van der Waals surface area contributed by atoms with Crippen LogP contribution in [-0.4, -0.2) is 31.2 Å². The van der Waals surface area contributed by atoms with Gasteiger partial charge in [0.25, 0.3) is 5.91 Å². The number of nitrogens with zero attached hydrogens (tertiary/aromatic N) is 1. The van der Waals surface area contributed by atoms with Gasteiger partial charge in [-0.15, -0.1) is 0 Å². The minimum absolute atomic E-state index is 0.280. The van der Waals surface area contributed by atoms with Crippen molar-refractivity contribution < 1.29 is 14.3 Å². The molecule has 0 bridgehead atoms. The molecule has 26 heavy (non-hydrogen) atoms. The molecule has 1 heterocycles. The number of hydrogen-bond acceptors (Lipinski definition) is 5. The Hall–Kier alpha value is -2.76. The van der Waals surface area contributed by atoms with E-state index in [2.05, 4.69) is 15.6 Å². The van der Waals surface area contributed by atoms with E-state index in [1.807, 2.05) is 6.07 Å². The van der Waals surface area contributed by atoms with Crippen LogP contribution >= 0.6 is 0 Å². The van der Waals surface area contributed by atoms with Crippen molar-refractivity contribution in [3.63, 3.8) is 0 Å². The van der Waals surface area contributed by atoms with Crippen molar-refractivity contribution in [2.75, 3.05) is 24.9 Å². The molecule has 3 rings (SSSR count). The average Bonchev–Trinajstić information content (AvgIpc) is 2.69. The summed E-state index contributed by atoms with van der Waals surface area (Å²) in [6, 6.07) is 9.38. The fourth-order valence-electron chi connectivity index (χ4n) is 3.18. The summed E-state index contributed by atoms with van der Waals surface area (Å²) in [5.74, 6) is 0.919. The average molecular weight is 355 g/mol. The molecule has 6 heteroatoms. The van der Waals surface area contributed by atoms with Crippen molar-refractivity contribution >= 4 is 17.3 Å². The fraction of sp³-hybridized carbons (Fsp3) is 0.400. The molecule has 0 saturated heterocycles. The number of anilines is 2. The predicted molar refractivity (Wildman–Crippen MR) is 102 cm³/mol. The summed E-state index contributed by atoms with van der Waals surface area (Å²) in [5, 5.41) is 6.33. The van der Waals surface area contributed by atoms with Gasteiger partial charge in [0.05, 0.1) is 31.8 Å². The van der Waals surface area contributed by atoms with Gasteiger partial charge in [-0.05, 0) is 37.1 Å². The predicted octanol–water partition coefficient (Wildman–Crippen LogP) is 4.10. The van der Waals surface area contributed by atoms with Crippen LogP contribution in [0.3, 0.4) is 0 Å². The number of pyridine rings is 1. The zero-order chi connectivity index (χ0) is 18.4. The Kier molecular flexibility index (Phi) is 5.94. The van der Waals surface area contributed by atoms with Crippen molar-refractivity contribution in [1.29, 1.82) is 0 Å². The molecular weight excluding hydrogens is 330 g/mol. The maximum absolute atomic E-state index is 12.5. The standard InChI is InChI=1S/C20H25N3O3/c1-25-16-9-11-17(19(12-16)26-2)23-20(24)18-10-8-15(13-21-18)22-14-6-4-3-5-7-14/h8-14,22H,3-7H2,1-2H3,(H,23,24). The maximum Gasteiger partial charge on any atom is 0.274 e. The molecule has 1 aliphatic carbocycles. The van der Waals surface area contributed by atoms with Crippen molar-refractivity contribution in [2.45, 2.75) is 38.1 Å². The molecule has 1 saturated carbocycles. The van der Waals surface area contributed by atoms with E-state index in [0.717, 1.165) is 5.69 Å². The lowest BCUT2D eigenvalue weighted by Crippen LogP contribution is -2.22. The zero-order valence-corrected chi connectivity index (χ0v) is 15.2. The number of ether oxygens (including phenoxy) is 2. The highest BCUT2D eigenvalue weighted by atomic mass is 16.5. The Labute approximate surface area is 153 Å². The number of amides is 1. The SMILES string of the molecule is COc1ccc(NC(=O)c2ccc(NC3CCCCC3)cn2)c(OC)c1. The van der Waals surface area contributed by atoms with Gasteiger partial charge in [0.15, 0.2) is 0 Å². The Bertz CT molecular complexity index is 740. The summed E-state index contributed by atoms with van der Waals surface area (Å²) < 4.78 is 10.5. The molecule has 1 amide bonds. The third kappa shape index (κ3) is 4.45. The molecule has 1 aromatic carbocycles. The van der Waals surface area contributed by atoms with Crippen LogP contribution in [0.15, 0.2) is 36.5 Å². The first-order valence-electron chi connectivity index (χ1n) is 8.95. The van der Waals surface area contributed by atoms with E-state index in [1.165, 1.54) is 32.1 Å². The third-order valence-corrected chi connectivity index (χ3v) is 4.63. The van der Waals surface area contributed by atoms with Gasteiger partial charge in [-0.3, -0.25) is 4.79 Å². The van der Waals surface area contributed by atoms with E-state index < -0.39 is 0 Å². The van der Waals surface area contributed by atoms with Gasteiger partial charge in [-0.1, -0.05) is 19.3 Å². The molecule has 1 aliphatic rings. The number of aromatic nitrogens is 1. The fourth-order valence-corrected chi connectivity index (χ4v) is 3.18. The number of benzene rings is 1. The quantitative estimate of drug-likeness (QED) is 0.816. The van der Waals surface area contributed by atoms with Crippen LogP contribution in [0.4, 0.5) is 11.4 Å². The Balaban J connectivity index is 1.64. The van der Waals surface area contributed by atoms with Crippen molar-refractivity contribution in [1.82, 2.24) is 4.98 Å². The molecule has 2 aromatic rings. The molecular formula is C20H25N3O3. The molecule has 2 N–H and O–H groups in total. The summed E-state index contributed by atoms with van der Waals surface area (Å²) in [4.78, 5) is 16.7. The summed E-state index contributed by atoms with van der Waals surface area (Å²) in [7, 11) is 3.13. The highest BCUT2D eigenvalue weighted by Gasteiger charge is 2.15. The zero-order valence-electron chi connectivity index (χ0n) is 15.2. The number of hydrogen-bond donors (Lipinski definition) is 2. The lowest BCUT2D eigenvalue weighted by molar-refractivity contribution is 0.102. The first kappa shape index (κ1) is 18.0. The molecule has 0 atom stereocenters. The van der Waals surface area contributed by atoms with Crippen LogP contribution in [-0.2, 0) is 0 Å². The second kappa shape index (κ2) is 8.56. The van der Waals surface area contributed by atoms with E-state index in [1.54, 1.807) is 44.7 Å². The van der Waals surface area contributed by atoms with Crippen molar-refractivity contribution in [3.8, 4) is 11.5 Å². The maximum atomic E-state index is 12.5.